The molecule has 2 heteroatoms. The molecule has 1 N–H and O–H groups in total. The van der Waals surface area contributed by atoms with Crippen LogP contribution in [0.15, 0.2) is 42.5 Å². The maximum Gasteiger partial charge on any atom is 0.224 e. The van der Waals surface area contributed by atoms with Gasteiger partial charge in [-0.1, -0.05) is 56.3 Å². The highest BCUT2D eigenvalue weighted by atomic mass is 16.1. The molecule has 1 fully saturated rings. The van der Waals surface area contributed by atoms with Crippen LogP contribution in [-0.4, -0.2) is 11.9 Å². The Balaban J connectivity index is 1.63. The van der Waals surface area contributed by atoms with Crippen LogP contribution in [0.1, 0.15) is 38.7 Å². The molecule has 2 aromatic rings. The highest BCUT2D eigenvalue weighted by molar-refractivity contribution is 5.85. The molecule has 3 rings (SSSR count). The molecule has 1 saturated carbocycles. The van der Waals surface area contributed by atoms with Crippen molar-refractivity contribution in [3.63, 3.8) is 0 Å². The van der Waals surface area contributed by atoms with E-state index in [9.17, 15) is 4.79 Å². The predicted octanol–water partition coefficient (Wildman–Crippen LogP) is 4.08. The molecule has 1 unspecified atom stereocenters. The van der Waals surface area contributed by atoms with Crippen LogP contribution < -0.4 is 5.32 Å². The van der Waals surface area contributed by atoms with Gasteiger partial charge >= 0.3 is 0 Å². The number of carbonyl (C=O) groups is 1. The Kier molecular flexibility index (Phi) is 3.71. The van der Waals surface area contributed by atoms with E-state index < -0.39 is 0 Å². The first kappa shape index (κ1) is 14.1. The van der Waals surface area contributed by atoms with E-state index in [2.05, 4.69) is 49.5 Å². The minimum atomic E-state index is 0.146. The largest absolute Gasteiger partial charge is 0.353 e. The lowest BCUT2D eigenvalue weighted by Gasteiger charge is -2.18. The Morgan fingerprint density at radius 1 is 1.19 bits per heavy atom. The van der Waals surface area contributed by atoms with Crippen LogP contribution in [0.2, 0.25) is 0 Å². The van der Waals surface area contributed by atoms with E-state index in [1.807, 2.05) is 12.1 Å². The van der Waals surface area contributed by atoms with E-state index in [0.717, 1.165) is 18.4 Å². The van der Waals surface area contributed by atoms with Crippen LogP contribution >= 0.6 is 0 Å². The molecule has 0 spiro atoms. The van der Waals surface area contributed by atoms with Crippen molar-refractivity contribution in [1.82, 2.24) is 5.32 Å². The first-order valence-corrected chi connectivity index (χ1v) is 7.79. The third-order valence-corrected chi connectivity index (χ3v) is 4.51. The van der Waals surface area contributed by atoms with Crippen molar-refractivity contribution in [1.29, 1.82) is 0 Å². The second-order valence-electron chi connectivity index (χ2n) is 7.03. The van der Waals surface area contributed by atoms with Crippen molar-refractivity contribution in [3.05, 3.63) is 48.0 Å². The van der Waals surface area contributed by atoms with Crippen molar-refractivity contribution in [2.75, 3.05) is 0 Å². The summed E-state index contributed by atoms with van der Waals surface area (Å²) in [6.45, 7) is 4.56. The third-order valence-electron chi connectivity index (χ3n) is 4.51. The van der Waals surface area contributed by atoms with Crippen LogP contribution in [0.25, 0.3) is 10.8 Å². The van der Waals surface area contributed by atoms with Crippen molar-refractivity contribution in [2.45, 2.75) is 45.6 Å². The topological polar surface area (TPSA) is 29.1 Å². The summed E-state index contributed by atoms with van der Waals surface area (Å²) in [6, 6.07) is 14.9. The van der Waals surface area contributed by atoms with Crippen molar-refractivity contribution < 1.29 is 4.79 Å². The summed E-state index contributed by atoms with van der Waals surface area (Å²) in [7, 11) is 0. The molecular weight excluding hydrogens is 258 g/mol. The fourth-order valence-corrected chi connectivity index (χ4v) is 3.37. The van der Waals surface area contributed by atoms with Crippen LogP contribution in [0.3, 0.4) is 0 Å². The Bertz CT molecular complexity index is 659. The SMILES string of the molecule is CC1(C)CCC(NC(=O)Cc2ccc3ccccc3c2)C1. The monoisotopic (exact) mass is 281 g/mol. The number of carbonyl (C=O) groups excluding carboxylic acids is 1. The van der Waals surface area contributed by atoms with Crippen LogP contribution in [0.5, 0.6) is 0 Å². The predicted molar refractivity (Wildman–Crippen MR) is 87.2 cm³/mol. The van der Waals surface area contributed by atoms with Gasteiger partial charge in [-0.3, -0.25) is 4.79 Å². The standard InChI is InChI=1S/C19H23NO/c1-19(2)10-9-17(13-19)20-18(21)12-14-7-8-15-5-3-4-6-16(15)11-14/h3-8,11,17H,9-10,12-13H2,1-2H3,(H,20,21). The van der Waals surface area contributed by atoms with E-state index in [0.29, 0.717) is 17.9 Å². The Labute approximate surface area is 126 Å². The van der Waals surface area contributed by atoms with Gasteiger partial charge in [0.1, 0.15) is 0 Å². The first-order chi connectivity index (χ1) is 10.0. The highest BCUT2D eigenvalue weighted by Crippen LogP contribution is 2.36. The molecule has 1 aliphatic carbocycles. The number of rotatable bonds is 3. The first-order valence-electron chi connectivity index (χ1n) is 7.79. The fraction of sp³-hybridized carbons (Fsp3) is 0.421. The Hall–Kier alpha value is -1.83. The zero-order chi connectivity index (χ0) is 14.9. The van der Waals surface area contributed by atoms with Gasteiger partial charge in [-0.2, -0.15) is 0 Å². The molecule has 2 nitrogen and oxygen atoms in total. The van der Waals surface area contributed by atoms with E-state index >= 15 is 0 Å². The Morgan fingerprint density at radius 3 is 2.67 bits per heavy atom. The Morgan fingerprint density at radius 2 is 1.95 bits per heavy atom. The van der Waals surface area contributed by atoms with Crippen molar-refractivity contribution in [2.24, 2.45) is 5.41 Å². The van der Waals surface area contributed by atoms with E-state index in [4.69, 9.17) is 0 Å². The van der Waals surface area contributed by atoms with Gasteiger partial charge in [0.2, 0.25) is 5.91 Å². The van der Waals surface area contributed by atoms with Gasteiger partial charge in [-0.05, 0) is 41.0 Å². The normalized spacial score (nSPS) is 20.6. The van der Waals surface area contributed by atoms with Crippen molar-refractivity contribution in [3.8, 4) is 0 Å². The summed E-state index contributed by atoms with van der Waals surface area (Å²) in [5.74, 6) is 0.146. The maximum absolute atomic E-state index is 12.2. The number of nitrogens with one attached hydrogen (secondary N) is 1. The minimum Gasteiger partial charge on any atom is -0.353 e. The molecule has 0 saturated heterocycles. The molecule has 1 amide bonds. The van der Waals surface area contributed by atoms with Crippen molar-refractivity contribution >= 4 is 16.7 Å². The second kappa shape index (κ2) is 5.51. The van der Waals surface area contributed by atoms with Crippen LogP contribution in [0.4, 0.5) is 0 Å². The molecule has 0 aliphatic heterocycles. The summed E-state index contributed by atoms with van der Waals surface area (Å²) < 4.78 is 0. The molecule has 0 heterocycles. The van der Waals surface area contributed by atoms with E-state index in [-0.39, 0.29) is 5.91 Å². The molecule has 0 bridgehead atoms. The molecule has 21 heavy (non-hydrogen) atoms. The van der Waals surface area contributed by atoms with E-state index in [1.54, 1.807) is 0 Å². The zero-order valence-electron chi connectivity index (χ0n) is 12.9. The number of benzene rings is 2. The third kappa shape index (κ3) is 3.44. The van der Waals surface area contributed by atoms with Gasteiger partial charge in [0.15, 0.2) is 0 Å². The molecule has 1 atom stereocenters. The number of amides is 1. The molecule has 0 aromatic heterocycles. The quantitative estimate of drug-likeness (QED) is 0.902. The van der Waals surface area contributed by atoms with E-state index in [1.165, 1.54) is 17.2 Å². The summed E-state index contributed by atoms with van der Waals surface area (Å²) >= 11 is 0. The zero-order valence-corrected chi connectivity index (χ0v) is 12.9. The smallest absolute Gasteiger partial charge is 0.224 e. The van der Waals surface area contributed by atoms with Gasteiger partial charge in [0.25, 0.3) is 0 Å². The average Bonchev–Trinajstić information content (AvgIpc) is 2.77. The van der Waals surface area contributed by atoms with Crippen LogP contribution in [-0.2, 0) is 11.2 Å². The molecular formula is C19H23NO. The average molecular weight is 281 g/mol. The number of hydrogen-bond acceptors (Lipinski definition) is 1. The lowest BCUT2D eigenvalue weighted by molar-refractivity contribution is -0.121. The number of fused-ring (bicyclic) bond motifs is 1. The van der Waals surface area contributed by atoms with Gasteiger partial charge in [0.05, 0.1) is 6.42 Å². The second-order valence-corrected chi connectivity index (χ2v) is 7.03. The van der Waals surface area contributed by atoms with Gasteiger partial charge in [-0.25, -0.2) is 0 Å². The lowest BCUT2D eigenvalue weighted by atomic mass is 9.92. The minimum absolute atomic E-state index is 0.146. The lowest BCUT2D eigenvalue weighted by Crippen LogP contribution is -2.34. The fourth-order valence-electron chi connectivity index (χ4n) is 3.37. The summed E-state index contributed by atoms with van der Waals surface area (Å²) in [6.07, 6.45) is 3.88. The highest BCUT2D eigenvalue weighted by Gasteiger charge is 2.31. The maximum atomic E-state index is 12.2. The van der Waals surface area contributed by atoms with Gasteiger partial charge in [0, 0.05) is 6.04 Å². The molecule has 1 aliphatic rings. The summed E-state index contributed by atoms with van der Waals surface area (Å²) in [5, 5.41) is 5.61. The molecule has 110 valence electrons. The number of hydrogen-bond donors (Lipinski definition) is 1. The summed E-state index contributed by atoms with van der Waals surface area (Å²) in [5.41, 5.74) is 1.46. The van der Waals surface area contributed by atoms with Gasteiger partial charge < -0.3 is 5.32 Å². The van der Waals surface area contributed by atoms with Crippen LogP contribution in [0, 0.1) is 5.41 Å². The summed E-state index contributed by atoms with van der Waals surface area (Å²) in [4.78, 5) is 12.2. The molecule has 2 aromatic carbocycles. The van der Waals surface area contributed by atoms with Gasteiger partial charge in [-0.15, -0.1) is 0 Å². The molecule has 0 radical (unpaired) electrons.